The van der Waals surface area contributed by atoms with E-state index in [0.717, 1.165) is 11.4 Å². The van der Waals surface area contributed by atoms with Crippen molar-refractivity contribution >= 4 is 54.4 Å². The van der Waals surface area contributed by atoms with Gasteiger partial charge >= 0.3 is 0 Å². The van der Waals surface area contributed by atoms with Crippen LogP contribution in [0.3, 0.4) is 0 Å². The minimum Gasteiger partial charge on any atom is -0.309 e. The molecule has 0 spiro atoms. The molecule has 0 atom stereocenters. The first-order valence-electron chi connectivity index (χ1n) is 18.6. The molecule has 2 nitrogen and oxygen atoms in total. The van der Waals surface area contributed by atoms with Gasteiger partial charge in [0.2, 0.25) is 0 Å². The number of fused-ring (bicyclic) bond motifs is 7. The summed E-state index contributed by atoms with van der Waals surface area (Å²) in [5.74, 6) is 0. The number of hydrogen-bond donors (Lipinski definition) is 0. The monoisotopic (exact) mass is 686 g/mol. The van der Waals surface area contributed by atoms with E-state index < -0.39 is 0 Å². The molecule has 0 aliphatic heterocycles. The van der Waals surface area contributed by atoms with Gasteiger partial charge in [0, 0.05) is 32.9 Å². The Labute approximate surface area is 313 Å². The molecule has 2 heteroatoms. The van der Waals surface area contributed by atoms with Gasteiger partial charge in [-0.1, -0.05) is 133 Å². The van der Waals surface area contributed by atoms with E-state index in [1.54, 1.807) is 0 Å². The van der Waals surface area contributed by atoms with Crippen molar-refractivity contribution in [2.75, 3.05) is 0 Å². The predicted molar refractivity (Wildman–Crippen MR) is 229 cm³/mol. The molecule has 0 aliphatic rings. The molecule has 0 unspecified atom stereocenters. The summed E-state index contributed by atoms with van der Waals surface area (Å²) < 4.78 is 4.80. The lowest BCUT2D eigenvalue weighted by atomic mass is 9.92. The van der Waals surface area contributed by atoms with Gasteiger partial charge in [0.15, 0.2) is 0 Å². The summed E-state index contributed by atoms with van der Waals surface area (Å²) in [5, 5.41) is 7.51. The van der Waals surface area contributed by atoms with Gasteiger partial charge in [0.1, 0.15) is 0 Å². The predicted octanol–water partition coefficient (Wildman–Crippen LogP) is 14.0. The Morgan fingerprint density at radius 3 is 1.13 bits per heavy atom. The summed E-state index contributed by atoms with van der Waals surface area (Å²) in [7, 11) is 0. The van der Waals surface area contributed by atoms with Gasteiger partial charge in [0.05, 0.1) is 22.1 Å². The van der Waals surface area contributed by atoms with Crippen molar-refractivity contribution in [1.29, 1.82) is 0 Å². The summed E-state index contributed by atoms with van der Waals surface area (Å²) in [6.07, 6.45) is 0. The summed E-state index contributed by atoms with van der Waals surface area (Å²) >= 11 is 0. The van der Waals surface area contributed by atoms with Crippen LogP contribution in [0.25, 0.3) is 99.1 Å². The van der Waals surface area contributed by atoms with Crippen LogP contribution in [0, 0.1) is 0 Å². The Morgan fingerprint density at radius 1 is 0.222 bits per heavy atom. The average Bonchev–Trinajstić information content (AvgIpc) is 3.76. The third-order valence-electron chi connectivity index (χ3n) is 11.1. The van der Waals surface area contributed by atoms with Gasteiger partial charge in [-0.15, -0.1) is 0 Å². The molecule has 54 heavy (non-hydrogen) atoms. The third kappa shape index (κ3) is 4.88. The van der Waals surface area contributed by atoms with E-state index in [0.29, 0.717) is 0 Å². The zero-order valence-corrected chi connectivity index (χ0v) is 29.5. The molecule has 252 valence electrons. The molecule has 0 amide bonds. The third-order valence-corrected chi connectivity index (χ3v) is 11.1. The zero-order chi connectivity index (χ0) is 35.6. The topological polar surface area (TPSA) is 9.86 Å². The molecule has 11 aromatic rings. The summed E-state index contributed by atoms with van der Waals surface area (Å²) in [5.41, 5.74) is 14.3. The number of rotatable bonds is 5. The van der Waals surface area contributed by atoms with Crippen LogP contribution in [-0.2, 0) is 0 Å². The SMILES string of the molecule is c1ccc(-n2c3ccccc3c3ccc(-c4cc(-c5ccc6ccccc6c5)cc(-c5ccc6c7ccccc7n(-c7ccccc7)c6c5)c4)cc32)cc1. The second kappa shape index (κ2) is 12.2. The van der Waals surface area contributed by atoms with Crippen LogP contribution in [0.2, 0.25) is 0 Å². The molecule has 0 saturated heterocycles. The Kier molecular flexibility index (Phi) is 6.90. The van der Waals surface area contributed by atoms with E-state index in [-0.39, 0.29) is 0 Å². The van der Waals surface area contributed by atoms with E-state index in [1.165, 1.54) is 87.8 Å². The quantitative estimate of drug-likeness (QED) is 0.171. The molecule has 2 heterocycles. The summed E-state index contributed by atoms with van der Waals surface area (Å²) in [4.78, 5) is 0. The number of aromatic nitrogens is 2. The number of benzene rings is 9. The lowest BCUT2D eigenvalue weighted by molar-refractivity contribution is 1.18. The second-order valence-corrected chi connectivity index (χ2v) is 14.2. The fourth-order valence-corrected chi connectivity index (χ4v) is 8.51. The fourth-order valence-electron chi connectivity index (χ4n) is 8.51. The highest BCUT2D eigenvalue weighted by atomic mass is 15.0. The molecule has 2 aromatic heterocycles. The Bertz CT molecular complexity index is 3030. The van der Waals surface area contributed by atoms with Crippen molar-refractivity contribution in [3.8, 4) is 44.8 Å². The molecule has 0 saturated carbocycles. The standard InChI is InChI=1S/C52H34N2/c1-3-15-43(16-4-1)53-49-21-11-9-19-45(49)47-27-25-38(33-51(47)53)41-30-40(37-24-23-35-13-7-8-14-36(35)29-37)31-42(32-41)39-26-28-48-46-20-10-12-22-50(46)54(52(48)34-39)44-17-5-2-6-18-44/h1-34H. The normalized spacial score (nSPS) is 11.7. The molecular formula is C52H34N2. The van der Waals surface area contributed by atoms with Crippen molar-refractivity contribution in [1.82, 2.24) is 9.13 Å². The van der Waals surface area contributed by atoms with E-state index >= 15 is 0 Å². The largest absolute Gasteiger partial charge is 0.309 e. The molecule has 0 radical (unpaired) electrons. The van der Waals surface area contributed by atoms with Crippen LogP contribution in [-0.4, -0.2) is 9.13 Å². The van der Waals surface area contributed by atoms with Crippen molar-refractivity contribution in [3.05, 3.63) is 206 Å². The average molecular weight is 687 g/mol. The molecule has 0 aliphatic carbocycles. The Balaban J connectivity index is 1.16. The summed E-state index contributed by atoms with van der Waals surface area (Å²) in [6, 6.07) is 75.4. The van der Waals surface area contributed by atoms with E-state index in [4.69, 9.17) is 0 Å². The van der Waals surface area contributed by atoms with Crippen LogP contribution in [0.4, 0.5) is 0 Å². The van der Waals surface area contributed by atoms with Gasteiger partial charge in [-0.05, 0) is 117 Å². The van der Waals surface area contributed by atoms with Crippen LogP contribution in [0.15, 0.2) is 206 Å². The minimum absolute atomic E-state index is 1.16. The second-order valence-electron chi connectivity index (χ2n) is 14.2. The lowest BCUT2D eigenvalue weighted by Crippen LogP contribution is -1.94. The van der Waals surface area contributed by atoms with Crippen molar-refractivity contribution in [2.45, 2.75) is 0 Å². The number of hydrogen-bond acceptors (Lipinski definition) is 0. The van der Waals surface area contributed by atoms with Crippen LogP contribution >= 0.6 is 0 Å². The highest BCUT2D eigenvalue weighted by Crippen LogP contribution is 2.40. The Morgan fingerprint density at radius 2 is 0.611 bits per heavy atom. The molecular weight excluding hydrogens is 653 g/mol. The lowest BCUT2D eigenvalue weighted by Gasteiger charge is -2.14. The van der Waals surface area contributed by atoms with Gasteiger partial charge in [-0.2, -0.15) is 0 Å². The van der Waals surface area contributed by atoms with Gasteiger partial charge in [-0.25, -0.2) is 0 Å². The first-order chi connectivity index (χ1) is 26.8. The molecule has 0 N–H and O–H groups in total. The number of nitrogens with zero attached hydrogens (tertiary/aromatic N) is 2. The van der Waals surface area contributed by atoms with Crippen molar-refractivity contribution in [3.63, 3.8) is 0 Å². The molecule has 9 aromatic carbocycles. The minimum atomic E-state index is 1.16. The Hall–Kier alpha value is -7.16. The van der Waals surface area contributed by atoms with Gasteiger partial charge in [0.25, 0.3) is 0 Å². The maximum Gasteiger partial charge on any atom is 0.0547 e. The van der Waals surface area contributed by atoms with Gasteiger partial charge < -0.3 is 9.13 Å². The molecule has 0 fully saturated rings. The van der Waals surface area contributed by atoms with Crippen molar-refractivity contribution in [2.24, 2.45) is 0 Å². The molecule has 0 bridgehead atoms. The van der Waals surface area contributed by atoms with Crippen LogP contribution < -0.4 is 0 Å². The molecule has 11 rings (SSSR count). The first-order valence-corrected chi connectivity index (χ1v) is 18.6. The zero-order valence-electron chi connectivity index (χ0n) is 29.5. The van der Waals surface area contributed by atoms with Crippen LogP contribution in [0.5, 0.6) is 0 Å². The van der Waals surface area contributed by atoms with E-state index in [1.807, 2.05) is 0 Å². The highest BCUT2D eigenvalue weighted by Gasteiger charge is 2.17. The highest BCUT2D eigenvalue weighted by molar-refractivity contribution is 6.11. The number of para-hydroxylation sites is 4. The van der Waals surface area contributed by atoms with Crippen LogP contribution in [0.1, 0.15) is 0 Å². The maximum atomic E-state index is 2.40. The smallest absolute Gasteiger partial charge is 0.0547 e. The first kappa shape index (κ1) is 30.5. The van der Waals surface area contributed by atoms with E-state index in [2.05, 4.69) is 215 Å². The fraction of sp³-hybridized carbons (Fsp3) is 0. The van der Waals surface area contributed by atoms with Crippen molar-refractivity contribution < 1.29 is 0 Å². The van der Waals surface area contributed by atoms with Gasteiger partial charge in [-0.3, -0.25) is 0 Å². The maximum absolute atomic E-state index is 2.40. The summed E-state index contributed by atoms with van der Waals surface area (Å²) in [6.45, 7) is 0. The van der Waals surface area contributed by atoms with E-state index in [9.17, 15) is 0 Å².